The number of benzene rings is 1. The summed E-state index contributed by atoms with van der Waals surface area (Å²) < 4.78 is 11.2. The quantitative estimate of drug-likeness (QED) is 0.761. The molecule has 0 spiro atoms. The number of hydrogen-bond acceptors (Lipinski definition) is 6. The fraction of sp³-hybridized carbons (Fsp3) is 0.176. The summed E-state index contributed by atoms with van der Waals surface area (Å²) in [6, 6.07) is 12.2. The lowest BCUT2D eigenvalue weighted by Gasteiger charge is -2.11. The van der Waals surface area contributed by atoms with Gasteiger partial charge < -0.3 is 14.6 Å². The first-order chi connectivity index (χ1) is 12.1. The molecule has 0 aliphatic carbocycles. The molecule has 8 nitrogen and oxygen atoms in total. The summed E-state index contributed by atoms with van der Waals surface area (Å²) >= 11 is 0. The van der Waals surface area contributed by atoms with E-state index in [9.17, 15) is 9.59 Å². The highest BCUT2D eigenvalue weighted by molar-refractivity contribution is 5.89. The lowest BCUT2D eigenvalue weighted by atomic mass is 10.1. The molecule has 0 unspecified atom stereocenters. The van der Waals surface area contributed by atoms with Crippen LogP contribution in [0, 0.1) is 6.92 Å². The van der Waals surface area contributed by atoms with Crippen molar-refractivity contribution >= 4 is 11.7 Å². The molecule has 0 saturated heterocycles. The molecule has 2 aromatic heterocycles. The van der Waals surface area contributed by atoms with Crippen molar-refractivity contribution in [2.45, 2.75) is 13.5 Å². The van der Waals surface area contributed by atoms with Crippen molar-refractivity contribution < 1.29 is 14.1 Å². The van der Waals surface area contributed by atoms with E-state index in [2.05, 4.69) is 15.6 Å². The van der Waals surface area contributed by atoms with Gasteiger partial charge in [0.1, 0.15) is 18.0 Å². The van der Waals surface area contributed by atoms with Crippen molar-refractivity contribution in [3.05, 3.63) is 58.6 Å². The van der Waals surface area contributed by atoms with E-state index >= 15 is 0 Å². The number of carbonyl (C=O) groups excluding carboxylic acids is 1. The van der Waals surface area contributed by atoms with Gasteiger partial charge in [-0.1, -0.05) is 35.5 Å². The highest BCUT2D eigenvalue weighted by atomic mass is 16.5. The summed E-state index contributed by atoms with van der Waals surface area (Å²) in [4.78, 5) is 24.3. The number of aryl methyl sites for hydroxylation is 1. The zero-order chi connectivity index (χ0) is 17.8. The molecule has 0 radical (unpaired) electrons. The minimum Gasteiger partial charge on any atom is -0.494 e. The average molecular weight is 340 g/mol. The number of carbonyl (C=O) groups is 1. The molecule has 0 aliphatic heterocycles. The molecule has 3 aromatic rings. The molecule has 3 rings (SSSR count). The van der Waals surface area contributed by atoms with Crippen LogP contribution in [0.4, 0.5) is 5.82 Å². The van der Waals surface area contributed by atoms with Crippen molar-refractivity contribution in [3.8, 4) is 17.0 Å². The van der Waals surface area contributed by atoms with Crippen molar-refractivity contribution in [1.82, 2.24) is 14.9 Å². The van der Waals surface area contributed by atoms with Crippen LogP contribution >= 0.6 is 0 Å². The average Bonchev–Trinajstić information content (AvgIpc) is 3.01. The molecule has 25 heavy (non-hydrogen) atoms. The van der Waals surface area contributed by atoms with Crippen LogP contribution in [-0.2, 0) is 11.3 Å². The minimum absolute atomic E-state index is 0.255. The molecule has 128 valence electrons. The number of nitrogens with zero attached hydrogens (tertiary/aromatic N) is 3. The summed E-state index contributed by atoms with van der Waals surface area (Å²) in [6.07, 6.45) is 0. The standard InChI is InChI=1S/C17H16N4O4/c1-11-8-14(20-25-11)18-15(22)10-21-16(23)9-13(24-2)17(19-21)12-6-4-3-5-7-12/h3-9H,10H2,1-2H3,(H,18,20,22). The fourth-order valence-corrected chi connectivity index (χ4v) is 2.28. The van der Waals surface area contributed by atoms with E-state index in [0.717, 1.165) is 10.2 Å². The third-order valence-corrected chi connectivity index (χ3v) is 3.42. The summed E-state index contributed by atoms with van der Waals surface area (Å²) in [6.45, 7) is 1.46. The summed E-state index contributed by atoms with van der Waals surface area (Å²) in [5, 5.41) is 10.5. The first-order valence-corrected chi connectivity index (χ1v) is 7.51. The highest BCUT2D eigenvalue weighted by Crippen LogP contribution is 2.25. The van der Waals surface area contributed by atoms with E-state index in [1.54, 1.807) is 13.0 Å². The molecule has 1 aromatic carbocycles. The van der Waals surface area contributed by atoms with Crippen molar-refractivity contribution in [2.24, 2.45) is 0 Å². The smallest absolute Gasteiger partial charge is 0.270 e. The number of amides is 1. The Morgan fingerprint density at radius 3 is 2.68 bits per heavy atom. The topological polar surface area (TPSA) is 99.2 Å². The minimum atomic E-state index is -0.442. The number of rotatable bonds is 5. The summed E-state index contributed by atoms with van der Waals surface area (Å²) in [7, 11) is 1.47. The van der Waals surface area contributed by atoms with Crippen LogP contribution in [0.25, 0.3) is 11.3 Å². The van der Waals surface area contributed by atoms with Gasteiger partial charge in [-0.15, -0.1) is 0 Å². The lowest BCUT2D eigenvalue weighted by Crippen LogP contribution is -2.29. The Labute approximate surface area is 143 Å². The van der Waals surface area contributed by atoms with E-state index in [0.29, 0.717) is 17.2 Å². The van der Waals surface area contributed by atoms with Crippen molar-refractivity contribution in [1.29, 1.82) is 0 Å². The van der Waals surface area contributed by atoms with E-state index in [-0.39, 0.29) is 12.4 Å². The Kier molecular flexibility index (Phi) is 4.60. The van der Waals surface area contributed by atoms with Crippen LogP contribution in [-0.4, -0.2) is 28.0 Å². The highest BCUT2D eigenvalue weighted by Gasteiger charge is 2.14. The van der Waals surface area contributed by atoms with Crippen LogP contribution in [0.5, 0.6) is 5.75 Å². The van der Waals surface area contributed by atoms with Crippen LogP contribution in [0.2, 0.25) is 0 Å². The molecule has 2 heterocycles. The second-order valence-corrected chi connectivity index (χ2v) is 5.29. The normalized spacial score (nSPS) is 10.5. The fourth-order valence-electron chi connectivity index (χ4n) is 2.28. The van der Waals surface area contributed by atoms with Gasteiger partial charge >= 0.3 is 0 Å². The maximum absolute atomic E-state index is 12.2. The molecule has 8 heteroatoms. The first kappa shape index (κ1) is 16.4. The molecule has 0 fully saturated rings. The Balaban J connectivity index is 1.88. The second kappa shape index (κ2) is 7.00. The molecule has 1 N–H and O–H groups in total. The number of aromatic nitrogens is 3. The van der Waals surface area contributed by atoms with E-state index < -0.39 is 11.5 Å². The number of ether oxygens (including phenoxy) is 1. The van der Waals surface area contributed by atoms with Gasteiger partial charge in [0.2, 0.25) is 5.91 Å². The molecule has 0 bridgehead atoms. The maximum atomic E-state index is 12.2. The van der Waals surface area contributed by atoms with E-state index in [1.165, 1.54) is 13.2 Å². The van der Waals surface area contributed by atoms with E-state index in [4.69, 9.17) is 9.26 Å². The Bertz CT molecular complexity index is 947. The monoisotopic (exact) mass is 340 g/mol. The lowest BCUT2D eigenvalue weighted by molar-refractivity contribution is -0.117. The summed E-state index contributed by atoms with van der Waals surface area (Å²) in [5.74, 6) is 0.765. The van der Waals surface area contributed by atoms with Gasteiger partial charge in [0.05, 0.1) is 7.11 Å². The van der Waals surface area contributed by atoms with Gasteiger partial charge in [-0.2, -0.15) is 5.10 Å². The van der Waals surface area contributed by atoms with Crippen LogP contribution in [0.1, 0.15) is 5.76 Å². The van der Waals surface area contributed by atoms with Gasteiger partial charge in [-0.3, -0.25) is 9.59 Å². The molecular formula is C17H16N4O4. The second-order valence-electron chi connectivity index (χ2n) is 5.29. The largest absolute Gasteiger partial charge is 0.494 e. The van der Waals surface area contributed by atoms with Gasteiger partial charge in [0.25, 0.3) is 5.56 Å². The predicted molar refractivity (Wildman–Crippen MR) is 90.4 cm³/mol. The maximum Gasteiger partial charge on any atom is 0.270 e. The Hall–Kier alpha value is -3.42. The number of methoxy groups -OCH3 is 1. The third kappa shape index (κ3) is 3.74. The predicted octanol–water partition coefficient (Wildman–Crippen LogP) is 1.85. The third-order valence-electron chi connectivity index (χ3n) is 3.42. The molecule has 1 amide bonds. The molecule has 0 atom stereocenters. The molecular weight excluding hydrogens is 324 g/mol. The summed E-state index contributed by atoms with van der Waals surface area (Å²) in [5.41, 5.74) is 0.816. The van der Waals surface area contributed by atoms with Crippen molar-refractivity contribution in [2.75, 3.05) is 12.4 Å². The van der Waals surface area contributed by atoms with E-state index in [1.807, 2.05) is 30.3 Å². The van der Waals surface area contributed by atoms with Gasteiger partial charge in [-0.05, 0) is 6.92 Å². The molecule has 0 aliphatic rings. The first-order valence-electron chi connectivity index (χ1n) is 7.51. The Morgan fingerprint density at radius 1 is 1.28 bits per heavy atom. The van der Waals surface area contributed by atoms with Gasteiger partial charge in [0, 0.05) is 17.7 Å². The number of nitrogens with one attached hydrogen (secondary N) is 1. The molecule has 0 saturated carbocycles. The van der Waals surface area contributed by atoms with Crippen LogP contribution in [0.15, 0.2) is 51.8 Å². The zero-order valence-electron chi connectivity index (χ0n) is 13.7. The zero-order valence-corrected chi connectivity index (χ0v) is 13.7. The Morgan fingerprint density at radius 2 is 2.04 bits per heavy atom. The van der Waals surface area contributed by atoms with Gasteiger partial charge in [0.15, 0.2) is 11.6 Å². The van der Waals surface area contributed by atoms with Crippen LogP contribution in [0.3, 0.4) is 0 Å². The number of hydrogen-bond donors (Lipinski definition) is 1. The van der Waals surface area contributed by atoms with Crippen LogP contribution < -0.4 is 15.6 Å². The van der Waals surface area contributed by atoms with Gasteiger partial charge in [-0.25, -0.2) is 4.68 Å². The SMILES string of the molecule is COc1cc(=O)n(CC(=O)Nc2cc(C)on2)nc1-c1ccccc1. The number of anilines is 1. The van der Waals surface area contributed by atoms with Crippen molar-refractivity contribution in [3.63, 3.8) is 0 Å².